The van der Waals surface area contributed by atoms with E-state index in [-0.39, 0.29) is 11.4 Å². The van der Waals surface area contributed by atoms with Crippen molar-refractivity contribution in [2.45, 2.75) is 38.0 Å². The maximum absolute atomic E-state index is 12.7. The van der Waals surface area contributed by atoms with Gasteiger partial charge in [-0.05, 0) is 49.2 Å². The summed E-state index contributed by atoms with van der Waals surface area (Å²) in [6, 6.07) is 7.37. The van der Waals surface area contributed by atoms with Gasteiger partial charge < -0.3 is 21.3 Å². The average Bonchev–Trinajstić information content (AvgIpc) is 2.75. The van der Waals surface area contributed by atoms with Gasteiger partial charge in [-0.15, -0.1) is 0 Å². The van der Waals surface area contributed by atoms with Crippen molar-refractivity contribution in [3.8, 4) is 0 Å². The van der Waals surface area contributed by atoms with Crippen LogP contribution in [0, 0.1) is 0 Å². The van der Waals surface area contributed by atoms with E-state index in [1.165, 1.54) is 24.3 Å². The molecular formula is C22H24F6N4O2. The number of hydrogen-bond acceptors (Lipinski definition) is 2. The molecule has 0 spiro atoms. The number of hydrogen-bond donors (Lipinski definition) is 4. The summed E-state index contributed by atoms with van der Waals surface area (Å²) < 4.78 is 76.1. The fourth-order valence-corrected chi connectivity index (χ4v) is 2.90. The summed E-state index contributed by atoms with van der Waals surface area (Å²) in [5.74, 6) is 0. The summed E-state index contributed by atoms with van der Waals surface area (Å²) in [5.41, 5.74) is -1.66. The predicted octanol–water partition coefficient (Wildman–Crippen LogP) is 6.23. The Morgan fingerprint density at radius 3 is 1.35 bits per heavy atom. The molecule has 0 unspecified atom stereocenters. The molecule has 186 valence electrons. The van der Waals surface area contributed by atoms with Crippen molar-refractivity contribution in [3.63, 3.8) is 0 Å². The number of benzene rings is 2. The molecule has 0 aliphatic carbocycles. The van der Waals surface area contributed by atoms with Crippen LogP contribution in [-0.4, -0.2) is 25.2 Å². The number of carbonyl (C=O) groups excluding carboxylic acids is 2. The van der Waals surface area contributed by atoms with E-state index in [0.717, 1.165) is 37.1 Å². The highest BCUT2D eigenvalue weighted by atomic mass is 19.4. The highest BCUT2D eigenvalue weighted by Crippen LogP contribution is 2.31. The van der Waals surface area contributed by atoms with Gasteiger partial charge in [0, 0.05) is 24.5 Å². The van der Waals surface area contributed by atoms with Gasteiger partial charge in [-0.2, -0.15) is 26.3 Å². The van der Waals surface area contributed by atoms with Crippen LogP contribution >= 0.6 is 0 Å². The molecule has 12 heteroatoms. The minimum atomic E-state index is -4.50. The zero-order valence-corrected chi connectivity index (χ0v) is 17.9. The molecule has 2 aromatic rings. The molecule has 2 rings (SSSR count). The number of alkyl halides is 6. The first-order valence-corrected chi connectivity index (χ1v) is 10.4. The van der Waals surface area contributed by atoms with Crippen molar-refractivity contribution in [2.24, 2.45) is 0 Å². The van der Waals surface area contributed by atoms with Crippen LogP contribution in [0.2, 0.25) is 0 Å². The number of amides is 4. The van der Waals surface area contributed by atoms with Gasteiger partial charge in [0.1, 0.15) is 0 Å². The zero-order chi connectivity index (χ0) is 25.2. The van der Waals surface area contributed by atoms with Crippen LogP contribution in [0.3, 0.4) is 0 Å². The Morgan fingerprint density at radius 2 is 1.00 bits per heavy atom. The van der Waals surface area contributed by atoms with Crippen molar-refractivity contribution in [2.75, 3.05) is 23.7 Å². The third-order valence-electron chi connectivity index (χ3n) is 4.57. The van der Waals surface area contributed by atoms with Gasteiger partial charge in [0.2, 0.25) is 0 Å². The fraction of sp³-hybridized carbons (Fsp3) is 0.364. The number of unbranched alkanes of at least 4 members (excludes halogenated alkanes) is 3. The number of rotatable bonds is 9. The maximum atomic E-state index is 12.7. The molecule has 2 aromatic carbocycles. The first-order valence-electron chi connectivity index (χ1n) is 10.4. The number of carbonyl (C=O) groups is 2. The predicted molar refractivity (Wildman–Crippen MR) is 115 cm³/mol. The van der Waals surface area contributed by atoms with Crippen LogP contribution in [0.15, 0.2) is 48.5 Å². The van der Waals surface area contributed by atoms with Gasteiger partial charge in [0.05, 0.1) is 11.1 Å². The summed E-state index contributed by atoms with van der Waals surface area (Å²) >= 11 is 0. The third-order valence-corrected chi connectivity index (χ3v) is 4.57. The van der Waals surface area contributed by atoms with E-state index in [9.17, 15) is 35.9 Å². The number of nitrogens with one attached hydrogen (secondary N) is 4. The molecule has 0 bridgehead atoms. The minimum absolute atomic E-state index is 0.0295. The van der Waals surface area contributed by atoms with Gasteiger partial charge in [-0.3, -0.25) is 0 Å². The molecule has 0 fully saturated rings. The molecule has 4 N–H and O–H groups in total. The Balaban J connectivity index is 1.56. The van der Waals surface area contributed by atoms with Crippen molar-refractivity contribution >= 4 is 23.4 Å². The van der Waals surface area contributed by atoms with Crippen LogP contribution in [0.5, 0.6) is 0 Å². The number of halogens is 6. The molecule has 0 aromatic heterocycles. The Kier molecular flexibility index (Phi) is 9.58. The molecule has 0 radical (unpaired) electrons. The lowest BCUT2D eigenvalue weighted by Gasteiger charge is -2.11. The lowest BCUT2D eigenvalue weighted by atomic mass is 10.2. The largest absolute Gasteiger partial charge is 0.416 e. The van der Waals surface area contributed by atoms with Gasteiger partial charge in [0.25, 0.3) is 0 Å². The van der Waals surface area contributed by atoms with Gasteiger partial charge in [-0.1, -0.05) is 25.0 Å². The molecule has 4 amide bonds. The molecule has 34 heavy (non-hydrogen) atoms. The Morgan fingerprint density at radius 1 is 0.618 bits per heavy atom. The first kappa shape index (κ1) is 26.8. The molecule has 6 nitrogen and oxygen atoms in total. The second kappa shape index (κ2) is 12.1. The van der Waals surface area contributed by atoms with E-state index in [1.807, 2.05) is 0 Å². The lowest BCUT2D eigenvalue weighted by Crippen LogP contribution is -2.30. The summed E-state index contributed by atoms with van der Waals surface area (Å²) in [6.07, 6.45) is -6.32. The number of urea groups is 2. The number of anilines is 2. The second-order valence-corrected chi connectivity index (χ2v) is 7.33. The topological polar surface area (TPSA) is 82.3 Å². The molecule has 0 aliphatic heterocycles. The maximum Gasteiger partial charge on any atom is 0.416 e. The summed E-state index contributed by atoms with van der Waals surface area (Å²) in [4.78, 5) is 23.6. The fourth-order valence-electron chi connectivity index (χ4n) is 2.90. The molecule has 0 saturated heterocycles. The van der Waals surface area contributed by atoms with E-state index in [0.29, 0.717) is 25.9 Å². The molecular weight excluding hydrogens is 466 g/mol. The summed E-state index contributed by atoms with van der Waals surface area (Å²) in [7, 11) is 0. The molecule has 0 atom stereocenters. The van der Waals surface area contributed by atoms with E-state index < -0.39 is 35.5 Å². The van der Waals surface area contributed by atoms with Gasteiger partial charge >= 0.3 is 24.4 Å². The van der Waals surface area contributed by atoms with Crippen LogP contribution in [0.4, 0.5) is 47.3 Å². The van der Waals surface area contributed by atoms with E-state index >= 15 is 0 Å². The van der Waals surface area contributed by atoms with E-state index in [2.05, 4.69) is 21.3 Å². The smallest absolute Gasteiger partial charge is 0.338 e. The Labute approximate surface area is 192 Å². The molecule has 0 aliphatic rings. The lowest BCUT2D eigenvalue weighted by molar-refractivity contribution is -0.138. The Hall–Kier alpha value is -3.44. The molecule has 0 saturated carbocycles. The van der Waals surface area contributed by atoms with Crippen molar-refractivity contribution in [3.05, 3.63) is 59.7 Å². The first-order chi connectivity index (χ1) is 15.9. The van der Waals surface area contributed by atoms with Crippen molar-refractivity contribution < 1.29 is 35.9 Å². The molecule has 0 heterocycles. The van der Waals surface area contributed by atoms with Crippen molar-refractivity contribution in [1.29, 1.82) is 0 Å². The quantitative estimate of drug-likeness (QED) is 0.248. The average molecular weight is 490 g/mol. The standard InChI is InChI=1S/C22H24F6N4O2/c23-21(24,25)15-7-5-9-17(13-15)31-19(33)29-11-3-1-2-4-12-30-20(34)32-18-10-6-8-16(14-18)22(26,27)28/h5-10,13-14H,1-4,11-12H2,(H2,29,31,33)(H2,30,32,34). The monoisotopic (exact) mass is 490 g/mol. The highest BCUT2D eigenvalue weighted by Gasteiger charge is 2.31. The summed E-state index contributed by atoms with van der Waals surface area (Å²) in [5, 5.41) is 9.79. The second-order valence-electron chi connectivity index (χ2n) is 7.33. The zero-order valence-electron chi connectivity index (χ0n) is 17.9. The van der Waals surface area contributed by atoms with Crippen LogP contribution in [0.1, 0.15) is 36.8 Å². The SMILES string of the molecule is O=C(NCCCCCCNC(=O)Nc1cccc(C(F)(F)F)c1)Nc1cccc(C(F)(F)F)c1. The van der Waals surface area contributed by atoms with Gasteiger partial charge in [-0.25, -0.2) is 9.59 Å². The summed E-state index contributed by atoms with van der Waals surface area (Å²) in [6.45, 7) is 0.627. The van der Waals surface area contributed by atoms with E-state index in [4.69, 9.17) is 0 Å². The van der Waals surface area contributed by atoms with Crippen LogP contribution in [0.25, 0.3) is 0 Å². The van der Waals surface area contributed by atoms with Crippen LogP contribution < -0.4 is 21.3 Å². The Bertz CT molecular complexity index is 885. The van der Waals surface area contributed by atoms with Gasteiger partial charge in [0.15, 0.2) is 0 Å². The van der Waals surface area contributed by atoms with Crippen LogP contribution in [-0.2, 0) is 12.4 Å². The highest BCUT2D eigenvalue weighted by molar-refractivity contribution is 5.89. The minimum Gasteiger partial charge on any atom is -0.338 e. The normalized spacial score (nSPS) is 11.6. The van der Waals surface area contributed by atoms with E-state index in [1.54, 1.807) is 0 Å². The third kappa shape index (κ3) is 9.59. The van der Waals surface area contributed by atoms with Crippen molar-refractivity contribution in [1.82, 2.24) is 10.6 Å².